The second-order valence-electron chi connectivity index (χ2n) is 5.86. The van der Waals surface area contributed by atoms with Crippen molar-refractivity contribution in [2.75, 3.05) is 0 Å². The summed E-state index contributed by atoms with van der Waals surface area (Å²) in [6.45, 7) is 0. The Balaban J connectivity index is 1.83. The van der Waals surface area contributed by atoms with E-state index in [4.69, 9.17) is 4.42 Å². The van der Waals surface area contributed by atoms with Crippen LogP contribution in [-0.2, 0) is 10.0 Å². The number of benzene rings is 2. The maximum Gasteiger partial charge on any atom is 0.279 e. The zero-order chi connectivity index (χ0) is 18.1. The van der Waals surface area contributed by atoms with E-state index in [1.165, 1.54) is 24.5 Å². The Morgan fingerprint density at radius 3 is 2.42 bits per heavy atom. The highest BCUT2D eigenvalue weighted by atomic mass is 32.2. The van der Waals surface area contributed by atoms with Crippen LogP contribution in [0.2, 0.25) is 0 Å². The SMILES string of the molecule is O=S(=O)(c1ccccc1)N1N=C(c2ccco2)C[C@H]1c1ccccc1F. The first-order valence-electron chi connectivity index (χ1n) is 8.02. The van der Waals surface area contributed by atoms with Gasteiger partial charge in [-0.2, -0.15) is 17.9 Å². The second kappa shape index (κ2) is 6.42. The summed E-state index contributed by atoms with van der Waals surface area (Å²) in [6.07, 6.45) is 1.71. The van der Waals surface area contributed by atoms with Gasteiger partial charge in [0.1, 0.15) is 17.3 Å². The fraction of sp³-hybridized carbons (Fsp3) is 0.105. The Labute approximate surface area is 150 Å². The standard InChI is InChI=1S/C19H15FN2O3S/c20-16-10-5-4-9-15(16)18-13-17(19-11-6-12-25-19)21-22(18)26(23,24)14-7-2-1-3-8-14/h1-12,18H,13H2/t18-/m0/s1. The van der Waals surface area contributed by atoms with Gasteiger partial charge in [-0.1, -0.05) is 36.4 Å². The highest BCUT2D eigenvalue weighted by Gasteiger charge is 2.39. The van der Waals surface area contributed by atoms with Gasteiger partial charge in [-0.05, 0) is 30.3 Å². The third-order valence-electron chi connectivity index (χ3n) is 4.23. The van der Waals surface area contributed by atoms with Crippen LogP contribution in [0.25, 0.3) is 0 Å². The van der Waals surface area contributed by atoms with E-state index in [-0.39, 0.29) is 16.9 Å². The van der Waals surface area contributed by atoms with Gasteiger partial charge in [0.05, 0.1) is 17.2 Å². The maximum atomic E-state index is 14.4. The van der Waals surface area contributed by atoms with E-state index in [1.54, 1.807) is 48.5 Å². The van der Waals surface area contributed by atoms with Crippen molar-refractivity contribution in [1.29, 1.82) is 0 Å². The summed E-state index contributed by atoms with van der Waals surface area (Å²) >= 11 is 0. The molecule has 0 amide bonds. The van der Waals surface area contributed by atoms with Crippen LogP contribution in [0.15, 0.2) is 87.4 Å². The van der Waals surface area contributed by atoms with Gasteiger partial charge in [-0.15, -0.1) is 0 Å². The fourth-order valence-electron chi connectivity index (χ4n) is 2.98. The van der Waals surface area contributed by atoms with Crippen molar-refractivity contribution >= 4 is 15.7 Å². The molecule has 0 radical (unpaired) electrons. The maximum absolute atomic E-state index is 14.4. The Bertz CT molecular complexity index is 1050. The van der Waals surface area contributed by atoms with Crippen LogP contribution in [0.4, 0.5) is 4.39 Å². The summed E-state index contributed by atoms with van der Waals surface area (Å²) in [5.74, 6) is -0.00115. The molecule has 132 valence electrons. The largest absolute Gasteiger partial charge is 0.463 e. The molecule has 4 rings (SSSR count). The first-order chi connectivity index (χ1) is 12.6. The molecular weight excluding hydrogens is 355 g/mol. The molecule has 0 saturated heterocycles. The molecule has 0 saturated carbocycles. The number of halogens is 1. The van der Waals surface area contributed by atoms with E-state index < -0.39 is 21.9 Å². The average molecular weight is 370 g/mol. The van der Waals surface area contributed by atoms with Gasteiger partial charge in [-0.25, -0.2) is 4.39 Å². The van der Waals surface area contributed by atoms with Crippen LogP contribution in [0.5, 0.6) is 0 Å². The van der Waals surface area contributed by atoms with Crippen LogP contribution < -0.4 is 0 Å². The molecule has 26 heavy (non-hydrogen) atoms. The first-order valence-corrected chi connectivity index (χ1v) is 9.46. The van der Waals surface area contributed by atoms with E-state index in [9.17, 15) is 12.8 Å². The Kier molecular flexibility index (Phi) is 4.08. The van der Waals surface area contributed by atoms with E-state index in [2.05, 4.69) is 5.10 Å². The van der Waals surface area contributed by atoms with E-state index in [0.29, 0.717) is 11.5 Å². The van der Waals surface area contributed by atoms with Gasteiger partial charge in [0.15, 0.2) is 0 Å². The molecule has 1 aliphatic rings. The highest BCUT2D eigenvalue weighted by Crippen LogP contribution is 2.38. The molecule has 5 nitrogen and oxygen atoms in total. The molecule has 1 aliphatic heterocycles. The lowest BCUT2D eigenvalue weighted by molar-refractivity contribution is 0.362. The number of hydrazone groups is 1. The number of sulfonamides is 1. The topological polar surface area (TPSA) is 62.9 Å². The zero-order valence-electron chi connectivity index (χ0n) is 13.6. The summed E-state index contributed by atoms with van der Waals surface area (Å²) in [7, 11) is -3.94. The summed E-state index contributed by atoms with van der Waals surface area (Å²) < 4.78 is 46.9. The molecule has 0 N–H and O–H groups in total. The number of hydrogen-bond donors (Lipinski definition) is 0. The third kappa shape index (κ3) is 2.80. The van der Waals surface area contributed by atoms with E-state index in [1.807, 2.05) is 0 Å². The molecule has 1 aromatic heterocycles. The monoisotopic (exact) mass is 370 g/mol. The van der Waals surface area contributed by atoms with Crippen molar-refractivity contribution in [3.63, 3.8) is 0 Å². The molecule has 7 heteroatoms. The first kappa shape index (κ1) is 16.5. The van der Waals surface area contributed by atoms with Crippen LogP contribution in [0.3, 0.4) is 0 Å². The minimum atomic E-state index is -3.94. The lowest BCUT2D eigenvalue weighted by Gasteiger charge is -2.23. The predicted molar refractivity (Wildman–Crippen MR) is 94.5 cm³/mol. The minimum absolute atomic E-state index is 0.103. The van der Waals surface area contributed by atoms with Crippen molar-refractivity contribution in [1.82, 2.24) is 4.41 Å². The average Bonchev–Trinajstić information content (AvgIpc) is 3.33. The van der Waals surface area contributed by atoms with Gasteiger partial charge < -0.3 is 4.42 Å². The molecule has 2 heterocycles. The Morgan fingerprint density at radius 1 is 1.00 bits per heavy atom. The second-order valence-corrected chi connectivity index (χ2v) is 7.65. The fourth-order valence-corrected chi connectivity index (χ4v) is 4.43. The third-order valence-corrected chi connectivity index (χ3v) is 5.93. The summed E-state index contributed by atoms with van der Waals surface area (Å²) in [4.78, 5) is 0.103. The number of hydrogen-bond acceptors (Lipinski definition) is 4. The lowest BCUT2D eigenvalue weighted by Crippen LogP contribution is -2.27. The van der Waals surface area contributed by atoms with Gasteiger partial charge in [0, 0.05) is 12.0 Å². The molecular formula is C19H15FN2O3S. The molecule has 1 atom stereocenters. The zero-order valence-corrected chi connectivity index (χ0v) is 14.4. The molecule has 0 spiro atoms. The normalized spacial score (nSPS) is 17.3. The quantitative estimate of drug-likeness (QED) is 0.698. The molecule has 0 unspecified atom stereocenters. The van der Waals surface area contributed by atoms with Crippen molar-refractivity contribution in [2.24, 2.45) is 5.10 Å². The van der Waals surface area contributed by atoms with E-state index >= 15 is 0 Å². The van der Waals surface area contributed by atoms with Gasteiger partial charge >= 0.3 is 0 Å². The number of rotatable bonds is 4. The van der Waals surface area contributed by atoms with Crippen molar-refractivity contribution in [2.45, 2.75) is 17.4 Å². The summed E-state index contributed by atoms with van der Waals surface area (Å²) in [5, 5.41) is 4.28. The van der Waals surface area contributed by atoms with E-state index in [0.717, 1.165) is 4.41 Å². The minimum Gasteiger partial charge on any atom is -0.463 e. The van der Waals surface area contributed by atoms with Crippen molar-refractivity contribution < 1.29 is 17.2 Å². The summed E-state index contributed by atoms with van der Waals surface area (Å²) in [5.41, 5.74) is 0.736. The number of furan rings is 1. The molecule has 2 aromatic carbocycles. The lowest BCUT2D eigenvalue weighted by atomic mass is 10.0. The van der Waals surface area contributed by atoms with Crippen molar-refractivity contribution in [3.05, 3.63) is 90.1 Å². The van der Waals surface area contributed by atoms with Gasteiger partial charge in [-0.3, -0.25) is 0 Å². The molecule has 0 aliphatic carbocycles. The molecule has 0 bridgehead atoms. The molecule has 3 aromatic rings. The Morgan fingerprint density at radius 2 is 1.73 bits per heavy atom. The highest BCUT2D eigenvalue weighted by molar-refractivity contribution is 7.89. The van der Waals surface area contributed by atoms with Crippen molar-refractivity contribution in [3.8, 4) is 0 Å². The Hall–Kier alpha value is -2.93. The summed E-state index contributed by atoms with van der Waals surface area (Å²) in [6, 6.07) is 16.8. The number of nitrogens with zero attached hydrogens (tertiary/aromatic N) is 2. The van der Waals surface area contributed by atoms with Crippen LogP contribution >= 0.6 is 0 Å². The van der Waals surface area contributed by atoms with Crippen LogP contribution in [-0.4, -0.2) is 18.5 Å². The van der Waals surface area contributed by atoms with Crippen LogP contribution in [0.1, 0.15) is 23.8 Å². The smallest absolute Gasteiger partial charge is 0.279 e. The van der Waals surface area contributed by atoms with Crippen LogP contribution in [0, 0.1) is 5.82 Å². The van der Waals surface area contributed by atoms with Gasteiger partial charge in [0.2, 0.25) is 0 Å². The molecule has 0 fully saturated rings. The van der Waals surface area contributed by atoms with Gasteiger partial charge in [0.25, 0.3) is 10.0 Å². The predicted octanol–water partition coefficient (Wildman–Crippen LogP) is 3.96.